The van der Waals surface area contributed by atoms with E-state index in [-0.39, 0.29) is 0 Å². The number of nitrogens with one attached hydrogen (secondary N) is 1. The van der Waals surface area contributed by atoms with Gasteiger partial charge in [-0.2, -0.15) is 4.98 Å². The highest BCUT2D eigenvalue weighted by Crippen LogP contribution is 2.29. The summed E-state index contributed by atoms with van der Waals surface area (Å²) in [5, 5.41) is 3.81. The Morgan fingerprint density at radius 3 is 2.72 bits per heavy atom. The second-order valence-corrected chi connectivity index (χ2v) is 4.26. The molecule has 0 aliphatic carbocycles. The van der Waals surface area contributed by atoms with Crippen molar-refractivity contribution in [1.29, 1.82) is 0 Å². The standard InChI is InChI=1S/C13H14ClN3O/c1-8-4-3-5-9(14)12(8)16-11-7-6-10(15)13(17-11)18-2/h3-7H,15H2,1-2H3,(H,16,17). The number of rotatable bonds is 3. The van der Waals surface area contributed by atoms with E-state index in [2.05, 4.69) is 10.3 Å². The van der Waals surface area contributed by atoms with Crippen molar-refractivity contribution in [3.63, 3.8) is 0 Å². The summed E-state index contributed by atoms with van der Waals surface area (Å²) in [7, 11) is 1.53. The molecule has 2 aromatic rings. The molecule has 94 valence electrons. The summed E-state index contributed by atoms with van der Waals surface area (Å²) in [6.07, 6.45) is 0. The summed E-state index contributed by atoms with van der Waals surface area (Å²) < 4.78 is 5.07. The van der Waals surface area contributed by atoms with E-state index in [1.165, 1.54) is 7.11 Å². The number of para-hydroxylation sites is 1. The van der Waals surface area contributed by atoms with Crippen LogP contribution in [0.15, 0.2) is 30.3 Å². The number of ether oxygens (including phenoxy) is 1. The van der Waals surface area contributed by atoms with Crippen LogP contribution in [-0.4, -0.2) is 12.1 Å². The lowest BCUT2D eigenvalue weighted by Crippen LogP contribution is -2.00. The average Bonchev–Trinajstić information content (AvgIpc) is 2.36. The zero-order chi connectivity index (χ0) is 13.1. The number of pyridine rings is 1. The number of benzene rings is 1. The van der Waals surface area contributed by atoms with Crippen LogP contribution in [0.1, 0.15) is 5.56 Å². The predicted molar refractivity (Wildman–Crippen MR) is 74.7 cm³/mol. The molecule has 0 amide bonds. The van der Waals surface area contributed by atoms with Crippen molar-refractivity contribution in [3.05, 3.63) is 40.9 Å². The third kappa shape index (κ3) is 2.49. The van der Waals surface area contributed by atoms with Crippen LogP contribution in [0.4, 0.5) is 17.2 Å². The lowest BCUT2D eigenvalue weighted by atomic mass is 10.2. The third-order valence-corrected chi connectivity index (χ3v) is 2.87. The van der Waals surface area contributed by atoms with E-state index in [0.29, 0.717) is 22.4 Å². The number of anilines is 3. The maximum Gasteiger partial charge on any atom is 0.238 e. The number of aromatic nitrogens is 1. The van der Waals surface area contributed by atoms with Gasteiger partial charge in [-0.1, -0.05) is 23.7 Å². The van der Waals surface area contributed by atoms with Gasteiger partial charge in [-0.25, -0.2) is 0 Å². The molecule has 0 bridgehead atoms. The Morgan fingerprint density at radius 1 is 1.28 bits per heavy atom. The molecule has 0 spiro atoms. The molecule has 1 aromatic carbocycles. The second kappa shape index (κ2) is 5.14. The lowest BCUT2D eigenvalue weighted by molar-refractivity contribution is 0.401. The van der Waals surface area contributed by atoms with Crippen LogP contribution in [0.3, 0.4) is 0 Å². The first-order valence-electron chi connectivity index (χ1n) is 5.44. The van der Waals surface area contributed by atoms with Gasteiger partial charge in [0.1, 0.15) is 5.82 Å². The van der Waals surface area contributed by atoms with Crippen LogP contribution in [0.2, 0.25) is 5.02 Å². The van der Waals surface area contributed by atoms with Crippen LogP contribution in [0.25, 0.3) is 0 Å². The van der Waals surface area contributed by atoms with Gasteiger partial charge in [0.15, 0.2) is 0 Å². The minimum Gasteiger partial charge on any atom is -0.479 e. The van der Waals surface area contributed by atoms with Crippen molar-refractivity contribution >= 4 is 28.8 Å². The maximum atomic E-state index is 6.14. The number of nitrogen functional groups attached to an aromatic ring is 1. The molecule has 0 aliphatic heterocycles. The Hall–Kier alpha value is -1.94. The molecule has 18 heavy (non-hydrogen) atoms. The van der Waals surface area contributed by atoms with Gasteiger partial charge >= 0.3 is 0 Å². The van der Waals surface area contributed by atoms with E-state index in [9.17, 15) is 0 Å². The molecule has 0 atom stereocenters. The first kappa shape index (κ1) is 12.5. The molecule has 2 rings (SSSR count). The van der Waals surface area contributed by atoms with Crippen LogP contribution < -0.4 is 15.8 Å². The lowest BCUT2D eigenvalue weighted by Gasteiger charge is -2.12. The Kier molecular flexibility index (Phi) is 3.58. The zero-order valence-corrected chi connectivity index (χ0v) is 11.0. The van der Waals surface area contributed by atoms with Crippen molar-refractivity contribution in [3.8, 4) is 5.88 Å². The first-order valence-corrected chi connectivity index (χ1v) is 5.82. The van der Waals surface area contributed by atoms with Crippen LogP contribution in [0.5, 0.6) is 5.88 Å². The predicted octanol–water partition coefficient (Wildman–Crippen LogP) is 3.38. The summed E-state index contributed by atoms with van der Waals surface area (Å²) in [6.45, 7) is 1.97. The van der Waals surface area contributed by atoms with Gasteiger partial charge in [0.05, 0.1) is 23.5 Å². The SMILES string of the molecule is COc1nc(Nc2c(C)cccc2Cl)ccc1N. The van der Waals surface area contributed by atoms with Gasteiger partial charge in [-0.05, 0) is 30.7 Å². The maximum absolute atomic E-state index is 6.14. The molecule has 4 nitrogen and oxygen atoms in total. The molecule has 3 N–H and O–H groups in total. The van der Waals surface area contributed by atoms with Gasteiger partial charge in [0.2, 0.25) is 5.88 Å². The Bertz CT molecular complexity index is 552. The Morgan fingerprint density at radius 2 is 2.06 bits per heavy atom. The highest BCUT2D eigenvalue weighted by atomic mass is 35.5. The number of methoxy groups -OCH3 is 1. The molecule has 0 saturated heterocycles. The smallest absolute Gasteiger partial charge is 0.238 e. The van der Waals surface area contributed by atoms with Crippen molar-refractivity contribution in [1.82, 2.24) is 4.98 Å². The number of nitrogens with zero attached hydrogens (tertiary/aromatic N) is 1. The number of nitrogens with two attached hydrogens (primary N) is 1. The van der Waals surface area contributed by atoms with E-state index in [4.69, 9.17) is 22.1 Å². The van der Waals surface area contributed by atoms with Crippen molar-refractivity contribution < 1.29 is 4.74 Å². The van der Waals surface area contributed by atoms with Crippen LogP contribution in [-0.2, 0) is 0 Å². The van der Waals surface area contributed by atoms with Crippen molar-refractivity contribution in [2.24, 2.45) is 0 Å². The van der Waals surface area contributed by atoms with Gasteiger partial charge in [-0.3, -0.25) is 0 Å². The molecule has 0 aliphatic rings. The molecule has 1 aromatic heterocycles. The number of halogens is 1. The molecule has 0 saturated carbocycles. The summed E-state index contributed by atoms with van der Waals surface area (Å²) in [6, 6.07) is 9.22. The highest BCUT2D eigenvalue weighted by molar-refractivity contribution is 6.33. The summed E-state index contributed by atoms with van der Waals surface area (Å²) in [5.41, 5.74) is 8.08. The van der Waals surface area contributed by atoms with Gasteiger partial charge in [0, 0.05) is 0 Å². The number of hydrogen-bond acceptors (Lipinski definition) is 4. The fraction of sp³-hybridized carbons (Fsp3) is 0.154. The fourth-order valence-electron chi connectivity index (χ4n) is 1.60. The molecule has 5 heteroatoms. The van der Waals surface area contributed by atoms with E-state index < -0.39 is 0 Å². The van der Waals surface area contributed by atoms with E-state index in [0.717, 1.165) is 11.3 Å². The monoisotopic (exact) mass is 263 g/mol. The molecule has 0 fully saturated rings. The summed E-state index contributed by atoms with van der Waals surface area (Å²) >= 11 is 6.14. The Balaban J connectivity index is 2.34. The minimum absolute atomic E-state index is 0.393. The van der Waals surface area contributed by atoms with E-state index in [1.54, 1.807) is 12.1 Å². The molecule has 0 unspecified atom stereocenters. The zero-order valence-electron chi connectivity index (χ0n) is 10.2. The topological polar surface area (TPSA) is 60.2 Å². The normalized spacial score (nSPS) is 10.2. The fourth-order valence-corrected chi connectivity index (χ4v) is 1.87. The van der Waals surface area contributed by atoms with E-state index in [1.807, 2.05) is 25.1 Å². The van der Waals surface area contributed by atoms with Crippen molar-refractivity contribution in [2.75, 3.05) is 18.2 Å². The number of hydrogen-bond donors (Lipinski definition) is 2. The summed E-state index contributed by atoms with van der Waals surface area (Å²) in [4.78, 5) is 4.25. The minimum atomic E-state index is 0.393. The molecular formula is C13H14ClN3O. The van der Waals surface area contributed by atoms with Gasteiger partial charge in [-0.15, -0.1) is 0 Å². The van der Waals surface area contributed by atoms with Gasteiger partial charge in [0.25, 0.3) is 0 Å². The third-order valence-electron chi connectivity index (χ3n) is 2.56. The van der Waals surface area contributed by atoms with Crippen molar-refractivity contribution in [2.45, 2.75) is 6.92 Å². The van der Waals surface area contributed by atoms with Gasteiger partial charge < -0.3 is 15.8 Å². The number of aryl methyl sites for hydroxylation is 1. The first-order chi connectivity index (χ1) is 8.61. The molecular weight excluding hydrogens is 250 g/mol. The second-order valence-electron chi connectivity index (χ2n) is 3.85. The molecule has 1 heterocycles. The van der Waals surface area contributed by atoms with Crippen LogP contribution in [0, 0.1) is 6.92 Å². The van der Waals surface area contributed by atoms with E-state index >= 15 is 0 Å². The highest BCUT2D eigenvalue weighted by Gasteiger charge is 2.07. The largest absolute Gasteiger partial charge is 0.479 e. The quantitative estimate of drug-likeness (QED) is 0.891. The molecule has 0 radical (unpaired) electrons. The van der Waals surface area contributed by atoms with Crippen LogP contribution >= 0.6 is 11.6 Å². The average molecular weight is 264 g/mol. The Labute approximate surface area is 111 Å². The summed E-state index contributed by atoms with van der Waals surface area (Å²) in [5.74, 6) is 1.03.